The van der Waals surface area contributed by atoms with Gasteiger partial charge in [-0.2, -0.15) is 0 Å². The Morgan fingerprint density at radius 3 is 2.40 bits per heavy atom. The Kier molecular flexibility index (Phi) is 4.87. The molecule has 0 bridgehead atoms. The molecule has 2 nitrogen and oxygen atoms in total. The van der Waals surface area contributed by atoms with Crippen molar-refractivity contribution in [1.82, 2.24) is 5.32 Å². The van der Waals surface area contributed by atoms with Gasteiger partial charge in [0, 0.05) is 7.11 Å². The lowest BCUT2D eigenvalue weighted by Gasteiger charge is -2.36. The Morgan fingerprint density at radius 2 is 1.95 bits per heavy atom. The molecule has 1 aliphatic rings. The number of nitrogens with one attached hydrogen (secondary N) is 1. The fraction of sp³-hybridized carbons (Fsp3) is 0.667. The van der Waals surface area contributed by atoms with Crippen LogP contribution in [0.1, 0.15) is 63.1 Å². The van der Waals surface area contributed by atoms with Gasteiger partial charge in [0.1, 0.15) is 0 Å². The first kappa shape index (κ1) is 15.5. The van der Waals surface area contributed by atoms with E-state index in [-0.39, 0.29) is 17.6 Å². The normalized spacial score (nSPS) is 19.4. The van der Waals surface area contributed by atoms with E-state index in [1.807, 2.05) is 14.2 Å². The fourth-order valence-electron chi connectivity index (χ4n) is 3.23. The molecule has 2 atom stereocenters. The van der Waals surface area contributed by atoms with E-state index in [4.69, 9.17) is 4.74 Å². The number of hydrogen-bond donors (Lipinski definition) is 1. The zero-order valence-corrected chi connectivity index (χ0v) is 13.6. The van der Waals surface area contributed by atoms with Crippen LogP contribution in [0.2, 0.25) is 0 Å². The summed E-state index contributed by atoms with van der Waals surface area (Å²) in [5.74, 6) is 0.781. The van der Waals surface area contributed by atoms with Gasteiger partial charge in [-0.3, -0.25) is 0 Å². The number of likely N-dealkylation sites (N-methyl/N-ethyl adjacent to an activating group) is 1. The summed E-state index contributed by atoms with van der Waals surface area (Å²) in [6, 6.07) is 9.31. The zero-order valence-electron chi connectivity index (χ0n) is 13.6. The molecular formula is C18H29NO. The highest BCUT2D eigenvalue weighted by molar-refractivity contribution is 5.30. The number of methoxy groups -OCH3 is 1. The van der Waals surface area contributed by atoms with Crippen molar-refractivity contribution in [1.29, 1.82) is 0 Å². The van der Waals surface area contributed by atoms with E-state index in [1.54, 1.807) is 0 Å². The number of rotatable bonds is 5. The molecule has 0 radical (unpaired) electrons. The van der Waals surface area contributed by atoms with E-state index in [0.717, 1.165) is 5.92 Å². The third kappa shape index (κ3) is 3.24. The quantitative estimate of drug-likeness (QED) is 0.866. The molecule has 0 saturated heterocycles. The van der Waals surface area contributed by atoms with Gasteiger partial charge < -0.3 is 10.1 Å². The van der Waals surface area contributed by atoms with Crippen LogP contribution in [0.5, 0.6) is 0 Å². The maximum atomic E-state index is 5.80. The Morgan fingerprint density at radius 1 is 1.25 bits per heavy atom. The monoisotopic (exact) mass is 275 g/mol. The SMILES string of the molecule is CNC(c1cccc(C2CCC2)c1)C(OC)C(C)(C)C. The molecule has 20 heavy (non-hydrogen) atoms. The Balaban J connectivity index is 2.26. The summed E-state index contributed by atoms with van der Waals surface area (Å²) in [5.41, 5.74) is 2.95. The molecule has 0 aliphatic heterocycles. The van der Waals surface area contributed by atoms with Crippen LogP contribution in [-0.4, -0.2) is 20.3 Å². The molecule has 1 aliphatic carbocycles. The lowest BCUT2D eigenvalue weighted by molar-refractivity contribution is -0.0102. The Labute approximate surface area is 123 Å². The summed E-state index contributed by atoms with van der Waals surface area (Å²) in [7, 11) is 3.84. The summed E-state index contributed by atoms with van der Waals surface area (Å²) in [6.07, 6.45) is 4.23. The second kappa shape index (κ2) is 6.28. The topological polar surface area (TPSA) is 21.3 Å². The van der Waals surface area contributed by atoms with Crippen molar-refractivity contribution in [3.8, 4) is 0 Å². The van der Waals surface area contributed by atoms with Crippen molar-refractivity contribution in [2.24, 2.45) is 5.41 Å². The molecule has 2 heteroatoms. The van der Waals surface area contributed by atoms with Gasteiger partial charge >= 0.3 is 0 Å². The van der Waals surface area contributed by atoms with Gasteiger partial charge in [0.25, 0.3) is 0 Å². The van der Waals surface area contributed by atoms with Gasteiger partial charge in [-0.15, -0.1) is 0 Å². The van der Waals surface area contributed by atoms with Crippen LogP contribution in [0.4, 0.5) is 0 Å². The van der Waals surface area contributed by atoms with Gasteiger partial charge in [0.2, 0.25) is 0 Å². The van der Waals surface area contributed by atoms with E-state index in [0.29, 0.717) is 0 Å². The lowest BCUT2D eigenvalue weighted by Crippen LogP contribution is -2.40. The molecule has 0 aromatic heterocycles. The van der Waals surface area contributed by atoms with Gasteiger partial charge in [-0.25, -0.2) is 0 Å². The molecule has 112 valence electrons. The number of hydrogen-bond acceptors (Lipinski definition) is 2. The molecule has 2 unspecified atom stereocenters. The molecule has 1 N–H and O–H groups in total. The molecule has 0 amide bonds. The first-order chi connectivity index (χ1) is 9.47. The maximum absolute atomic E-state index is 5.80. The Bertz CT molecular complexity index is 431. The van der Waals surface area contributed by atoms with Gasteiger partial charge in [-0.1, -0.05) is 51.5 Å². The third-order valence-electron chi connectivity index (χ3n) is 4.57. The van der Waals surface area contributed by atoms with Crippen molar-refractivity contribution in [2.75, 3.05) is 14.2 Å². The van der Waals surface area contributed by atoms with Crippen LogP contribution in [0.3, 0.4) is 0 Å². The summed E-state index contributed by atoms with van der Waals surface area (Å²) < 4.78 is 5.80. The highest BCUT2D eigenvalue weighted by atomic mass is 16.5. The smallest absolute Gasteiger partial charge is 0.0813 e. The lowest BCUT2D eigenvalue weighted by atomic mass is 9.78. The Hall–Kier alpha value is -0.860. The number of benzene rings is 1. The van der Waals surface area contributed by atoms with Crippen molar-refractivity contribution in [2.45, 2.75) is 58.1 Å². The molecule has 1 fully saturated rings. The van der Waals surface area contributed by atoms with Gasteiger partial charge in [-0.05, 0) is 42.3 Å². The van der Waals surface area contributed by atoms with E-state index in [2.05, 4.69) is 50.4 Å². The summed E-state index contributed by atoms with van der Waals surface area (Å²) in [5, 5.41) is 3.45. The largest absolute Gasteiger partial charge is 0.379 e. The predicted molar refractivity (Wildman–Crippen MR) is 85.1 cm³/mol. The van der Waals surface area contributed by atoms with Crippen molar-refractivity contribution < 1.29 is 4.74 Å². The number of ether oxygens (including phenoxy) is 1. The molecule has 1 aromatic carbocycles. The molecule has 0 heterocycles. The van der Waals surface area contributed by atoms with Crippen molar-refractivity contribution in [3.63, 3.8) is 0 Å². The third-order valence-corrected chi connectivity index (χ3v) is 4.57. The van der Waals surface area contributed by atoms with Gasteiger partial charge in [0.15, 0.2) is 0 Å². The van der Waals surface area contributed by atoms with E-state index >= 15 is 0 Å². The average Bonchev–Trinajstić information content (AvgIpc) is 2.32. The second-order valence-corrected chi connectivity index (χ2v) is 7.09. The first-order valence-electron chi connectivity index (χ1n) is 7.77. The van der Waals surface area contributed by atoms with Crippen molar-refractivity contribution in [3.05, 3.63) is 35.4 Å². The summed E-state index contributed by atoms with van der Waals surface area (Å²) in [6.45, 7) is 6.71. The second-order valence-electron chi connectivity index (χ2n) is 7.09. The van der Waals surface area contributed by atoms with Gasteiger partial charge in [0.05, 0.1) is 12.1 Å². The maximum Gasteiger partial charge on any atom is 0.0813 e. The summed E-state index contributed by atoms with van der Waals surface area (Å²) in [4.78, 5) is 0. The van der Waals surface area contributed by atoms with E-state index in [1.165, 1.54) is 30.4 Å². The van der Waals surface area contributed by atoms with E-state index in [9.17, 15) is 0 Å². The fourth-order valence-corrected chi connectivity index (χ4v) is 3.23. The van der Waals surface area contributed by atoms with Crippen LogP contribution in [0, 0.1) is 5.41 Å². The minimum absolute atomic E-state index is 0.106. The molecular weight excluding hydrogens is 246 g/mol. The minimum atomic E-state index is 0.106. The zero-order chi connectivity index (χ0) is 14.8. The molecule has 1 saturated carbocycles. The van der Waals surface area contributed by atoms with Crippen LogP contribution in [-0.2, 0) is 4.74 Å². The molecule has 1 aromatic rings. The van der Waals surface area contributed by atoms with Crippen LogP contribution in [0.25, 0.3) is 0 Å². The highest BCUT2D eigenvalue weighted by Gasteiger charge is 2.33. The van der Waals surface area contributed by atoms with Crippen LogP contribution >= 0.6 is 0 Å². The summed E-state index contributed by atoms with van der Waals surface area (Å²) >= 11 is 0. The van der Waals surface area contributed by atoms with Crippen LogP contribution in [0.15, 0.2) is 24.3 Å². The minimum Gasteiger partial charge on any atom is -0.379 e. The average molecular weight is 275 g/mol. The highest BCUT2D eigenvalue weighted by Crippen LogP contribution is 2.38. The van der Waals surface area contributed by atoms with Crippen molar-refractivity contribution >= 4 is 0 Å². The molecule has 2 rings (SSSR count). The predicted octanol–water partition coefficient (Wildman–Crippen LogP) is 4.28. The van der Waals surface area contributed by atoms with Crippen LogP contribution < -0.4 is 5.32 Å². The molecule has 0 spiro atoms. The van der Waals surface area contributed by atoms with E-state index < -0.39 is 0 Å². The standard InChI is InChI=1S/C18H29NO/c1-18(2,3)17(20-5)16(19-4)15-11-7-10-14(12-15)13-8-6-9-13/h7,10-13,16-17,19H,6,8-9H2,1-5H3. The first-order valence-corrected chi connectivity index (χ1v) is 7.77.